The predicted octanol–water partition coefficient (Wildman–Crippen LogP) is 4.97. The molecule has 0 saturated heterocycles. The zero-order valence-corrected chi connectivity index (χ0v) is 14.1. The zero-order valence-electron chi connectivity index (χ0n) is 11.7. The highest BCUT2D eigenvalue weighted by Gasteiger charge is 2.28. The molecule has 0 spiro atoms. The SMILES string of the molecule is CC1CC(C)CC(C(O)CSc2cccc(Br)c2)C1. The van der Waals surface area contributed by atoms with Gasteiger partial charge in [0, 0.05) is 15.1 Å². The summed E-state index contributed by atoms with van der Waals surface area (Å²) in [5.74, 6) is 2.82. The van der Waals surface area contributed by atoms with Crippen molar-refractivity contribution >= 4 is 27.7 Å². The summed E-state index contributed by atoms with van der Waals surface area (Å²) in [4.78, 5) is 1.23. The summed E-state index contributed by atoms with van der Waals surface area (Å²) < 4.78 is 1.10. The summed E-state index contributed by atoms with van der Waals surface area (Å²) in [6.45, 7) is 4.63. The zero-order chi connectivity index (χ0) is 13.8. The lowest BCUT2D eigenvalue weighted by Gasteiger charge is -2.34. The number of halogens is 1. The largest absolute Gasteiger partial charge is 0.392 e. The first-order valence-corrected chi connectivity index (χ1v) is 8.89. The van der Waals surface area contributed by atoms with E-state index in [1.54, 1.807) is 11.8 Å². The monoisotopic (exact) mass is 342 g/mol. The second-order valence-electron chi connectivity index (χ2n) is 6.01. The standard InChI is InChI=1S/C16H23BrOS/c1-11-6-12(2)8-13(7-11)16(18)10-19-15-5-3-4-14(17)9-15/h3-5,9,11-13,16,18H,6-8,10H2,1-2H3. The topological polar surface area (TPSA) is 20.2 Å². The van der Waals surface area contributed by atoms with Crippen LogP contribution in [0.5, 0.6) is 0 Å². The number of aliphatic hydroxyl groups is 1. The van der Waals surface area contributed by atoms with Crippen LogP contribution in [0.1, 0.15) is 33.1 Å². The molecule has 3 atom stereocenters. The van der Waals surface area contributed by atoms with E-state index in [0.29, 0.717) is 5.92 Å². The van der Waals surface area contributed by atoms with Crippen molar-refractivity contribution in [3.8, 4) is 0 Å². The Kier molecular flexibility index (Phi) is 5.79. The molecular formula is C16H23BrOS. The van der Waals surface area contributed by atoms with Gasteiger partial charge < -0.3 is 5.11 Å². The minimum Gasteiger partial charge on any atom is -0.392 e. The summed E-state index contributed by atoms with van der Waals surface area (Å²) in [7, 11) is 0. The van der Waals surface area contributed by atoms with E-state index in [0.717, 1.165) is 22.1 Å². The van der Waals surface area contributed by atoms with Crippen LogP contribution in [0.15, 0.2) is 33.6 Å². The highest BCUT2D eigenvalue weighted by atomic mass is 79.9. The van der Waals surface area contributed by atoms with Gasteiger partial charge in [-0.2, -0.15) is 0 Å². The Balaban J connectivity index is 1.85. The highest BCUT2D eigenvalue weighted by molar-refractivity contribution is 9.10. The van der Waals surface area contributed by atoms with Crippen LogP contribution < -0.4 is 0 Å². The Bertz CT molecular complexity index is 399. The van der Waals surface area contributed by atoms with Gasteiger partial charge in [-0.25, -0.2) is 0 Å². The maximum Gasteiger partial charge on any atom is 0.0662 e. The van der Waals surface area contributed by atoms with E-state index in [-0.39, 0.29) is 6.10 Å². The van der Waals surface area contributed by atoms with E-state index in [4.69, 9.17) is 0 Å². The summed E-state index contributed by atoms with van der Waals surface area (Å²) in [6.07, 6.45) is 3.52. The van der Waals surface area contributed by atoms with Crippen molar-refractivity contribution in [1.29, 1.82) is 0 Å². The van der Waals surface area contributed by atoms with Crippen molar-refractivity contribution in [2.45, 2.75) is 44.1 Å². The third-order valence-electron chi connectivity index (χ3n) is 3.98. The van der Waals surface area contributed by atoms with Crippen LogP contribution in [0.4, 0.5) is 0 Å². The summed E-state index contributed by atoms with van der Waals surface area (Å²) in [5.41, 5.74) is 0. The summed E-state index contributed by atoms with van der Waals surface area (Å²) in [6, 6.07) is 8.30. The molecule has 19 heavy (non-hydrogen) atoms. The highest BCUT2D eigenvalue weighted by Crippen LogP contribution is 2.36. The molecule has 1 aromatic carbocycles. The first-order chi connectivity index (χ1) is 9.04. The molecule has 1 aliphatic rings. The lowest BCUT2D eigenvalue weighted by atomic mass is 9.75. The minimum atomic E-state index is -0.172. The molecule has 1 aliphatic carbocycles. The average Bonchev–Trinajstić information content (AvgIpc) is 2.35. The molecule has 0 heterocycles. The fourth-order valence-electron chi connectivity index (χ4n) is 3.20. The van der Waals surface area contributed by atoms with Gasteiger partial charge >= 0.3 is 0 Å². The van der Waals surface area contributed by atoms with E-state index in [1.165, 1.54) is 24.2 Å². The van der Waals surface area contributed by atoms with Crippen LogP contribution in [0.3, 0.4) is 0 Å². The third kappa shape index (κ3) is 4.80. The maximum absolute atomic E-state index is 10.4. The molecular weight excluding hydrogens is 320 g/mol. The Morgan fingerprint density at radius 3 is 2.58 bits per heavy atom. The molecule has 1 nitrogen and oxygen atoms in total. The van der Waals surface area contributed by atoms with Crippen molar-refractivity contribution in [2.75, 3.05) is 5.75 Å². The maximum atomic E-state index is 10.4. The van der Waals surface area contributed by atoms with Crippen LogP contribution >= 0.6 is 27.7 Å². The minimum absolute atomic E-state index is 0.172. The average molecular weight is 343 g/mol. The molecule has 1 saturated carbocycles. The second kappa shape index (κ2) is 7.14. The van der Waals surface area contributed by atoms with Crippen LogP contribution in [0, 0.1) is 17.8 Å². The molecule has 106 valence electrons. The van der Waals surface area contributed by atoms with Crippen molar-refractivity contribution in [1.82, 2.24) is 0 Å². The second-order valence-corrected chi connectivity index (χ2v) is 8.02. The van der Waals surface area contributed by atoms with Gasteiger partial charge in [0.05, 0.1) is 6.10 Å². The van der Waals surface area contributed by atoms with E-state index in [9.17, 15) is 5.11 Å². The van der Waals surface area contributed by atoms with Crippen molar-refractivity contribution in [2.24, 2.45) is 17.8 Å². The molecule has 1 N–H and O–H groups in total. The van der Waals surface area contributed by atoms with Crippen LogP contribution in [-0.4, -0.2) is 17.0 Å². The van der Waals surface area contributed by atoms with Crippen molar-refractivity contribution < 1.29 is 5.11 Å². The van der Waals surface area contributed by atoms with E-state index in [2.05, 4.69) is 41.9 Å². The van der Waals surface area contributed by atoms with Crippen LogP contribution in [0.2, 0.25) is 0 Å². The Hall–Kier alpha value is 0.01000. The molecule has 1 fully saturated rings. The van der Waals surface area contributed by atoms with Crippen molar-refractivity contribution in [3.05, 3.63) is 28.7 Å². The molecule has 0 bridgehead atoms. The van der Waals surface area contributed by atoms with Gasteiger partial charge in [0.15, 0.2) is 0 Å². The molecule has 3 unspecified atom stereocenters. The van der Waals surface area contributed by atoms with Gasteiger partial charge in [-0.15, -0.1) is 11.8 Å². The van der Waals surface area contributed by atoms with Gasteiger partial charge in [0.2, 0.25) is 0 Å². The first kappa shape index (κ1) is 15.4. The molecule has 0 radical (unpaired) electrons. The number of rotatable bonds is 4. The van der Waals surface area contributed by atoms with Gasteiger partial charge in [0.1, 0.15) is 0 Å². The molecule has 3 heteroatoms. The van der Waals surface area contributed by atoms with Crippen molar-refractivity contribution in [3.63, 3.8) is 0 Å². The number of aliphatic hydroxyl groups excluding tert-OH is 1. The molecule has 0 aliphatic heterocycles. The Labute approximate surface area is 129 Å². The first-order valence-electron chi connectivity index (χ1n) is 7.11. The van der Waals surface area contributed by atoms with Gasteiger partial charge in [-0.3, -0.25) is 0 Å². The van der Waals surface area contributed by atoms with E-state index >= 15 is 0 Å². The van der Waals surface area contributed by atoms with Crippen LogP contribution in [0.25, 0.3) is 0 Å². The molecule has 1 aromatic rings. The lowest BCUT2D eigenvalue weighted by molar-refractivity contribution is 0.0723. The fourth-order valence-corrected chi connectivity index (χ4v) is 4.77. The summed E-state index contributed by atoms with van der Waals surface area (Å²) in [5, 5.41) is 10.4. The quantitative estimate of drug-likeness (QED) is 0.779. The number of hydrogen-bond acceptors (Lipinski definition) is 2. The fraction of sp³-hybridized carbons (Fsp3) is 0.625. The van der Waals surface area contributed by atoms with E-state index < -0.39 is 0 Å². The lowest BCUT2D eigenvalue weighted by Crippen LogP contribution is -2.30. The van der Waals surface area contributed by atoms with E-state index in [1.807, 2.05) is 12.1 Å². The van der Waals surface area contributed by atoms with Gasteiger partial charge in [-0.05, 0) is 55.2 Å². The molecule has 0 aromatic heterocycles. The predicted molar refractivity (Wildman–Crippen MR) is 86.5 cm³/mol. The van der Waals surface area contributed by atoms with Crippen LogP contribution in [-0.2, 0) is 0 Å². The third-order valence-corrected chi connectivity index (χ3v) is 5.56. The number of benzene rings is 1. The smallest absolute Gasteiger partial charge is 0.0662 e. The Morgan fingerprint density at radius 2 is 1.95 bits per heavy atom. The normalized spacial score (nSPS) is 29.2. The van der Waals surface area contributed by atoms with Gasteiger partial charge in [0.25, 0.3) is 0 Å². The summed E-state index contributed by atoms with van der Waals surface area (Å²) >= 11 is 5.24. The molecule has 0 amide bonds. The molecule has 2 rings (SSSR count). The Morgan fingerprint density at radius 1 is 1.26 bits per heavy atom. The number of hydrogen-bond donors (Lipinski definition) is 1. The van der Waals surface area contributed by atoms with Gasteiger partial charge in [-0.1, -0.05) is 35.8 Å². The number of thioether (sulfide) groups is 1.